The van der Waals surface area contributed by atoms with Gasteiger partial charge in [0.15, 0.2) is 5.76 Å². The minimum absolute atomic E-state index is 0.209. The van der Waals surface area contributed by atoms with Crippen LogP contribution >= 0.6 is 0 Å². The number of likely N-dealkylation sites (tertiary alicyclic amines) is 1. The first kappa shape index (κ1) is 23.9. The summed E-state index contributed by atoms with van der Waals surface area (Å²) in [6.45, 7) is 4.38. The summed E-state index contributed by atoms with van der Waals surface area (Å²) in [6.07, 6.45) is 8.89. The smallest absolute Gasteiger partial charge is 0.318 e. The van der Waals surface area contributed by atoms with Gasteiger partial charge in [0, 0.05) is 41.9 Å². The monoisotopic (exact) mass is 488 g/mol. The standard InChI is InChI=1S/C28H32N4O4/c1-29-28(34)30-20-7-10-25-23(16-20)27(33)26(36-25)15-19-18-32(14-6-13-31-11-4-3-5-12-31)24-9-8-21(35-2)17-22(19)24/h7-10,15-18H,3-6,11-14H2,1-2H3,(H2,29,30,34). The third-order valence-electron chi connectivity index (χ3n) is 6.88. The molecule has 1 aromatic heterocycles. The molecule has 2 amide bonds. The zero-order valence-electron chi connectivity index (χ0n) is 20.8. The second-order valence-corrected chi connectivity index (χ2v) is 9.27. The van der Waals surface area contributed by atoms with Crippen molar-refractivity contribution in [3.05, 3.63) is 59.5 Å². The molecule has 2 aliphatic heterocycles. The number of fused-ring (bicyclic) bond motifs is 2. The van der Waals surface area contributed by atoms with E-state index in [1.807, 2.05) is 12.1 Å². The number of anilines is 1. The average molecular weight is 489 g/mol. The number of aryl methyl sites for hydroxylation is 1. The van der Waals surface area contributed by atoms with Crippen LogP contribution < -0.4 is 20.1 Å². The van der Waals surface area contributed by atoms with Crippen molar-refractivity contribution in [2.24, 2.45) is 0 Å². The number of urea groups is 1. The molecule has 5 rings (SSSR count). The number of Topliss-reactive ketones (excluding diaryl/α,β-unsaturated/α-hetero) is 1. The third kappa shape index (κ3) is 4.95. The number of nitrogens with one attached hydrogen (secondary N) is 2. The molecule has 1 fully saturated rings. The molecule has 0 radical (unpaired) electrons. The van der Waals surface area contributed by atoms with Crippen LogP contribution in [-0.4, -0.2) is 55.1 Å². The van der Waals surface area contributed by atoms with E-state index in [2.05, 4.69) is 32.4 Å². The Balaban J connectivity index is 1.40. The van der Waals surface area contributed by atoms with Gasteiger partial charge in [-0.05, 0) is 81.4 Å². The molecule has 0 unspecified atom stereocenters. The van der Waals surface area contributed by atoms with E-state index in [0.717, 1.165) is 41.7 Å². The number of ether oxygens (including phenoxy) is 2. The van der Waals surface area contributed by atoms with Crippen molar-refractivity contribution in [1.82, 2.24) is 14.8 Å². The minimum atomic E-state index is -0.348. The first-order chi connectivity index (χ1) is 17.6. The highest BCUT2D eigenvalue weighted by molar-refractivity contribution is 6.15. The fourth-order valence-corrected chi connectivity index (χ4v) is 4.98. The van der Waals surface area contributed by atoms with Crippen LogP contribution in [0.25, 0.3) is 17.0 Å². The van der Waals surface area contributed by atoms with Gasteiger partial charge in [0.1, 0.15) is 11.5 Å². The number of aromatic nitrogens is 1. The zero-order chi connectivity index (χ0) is 25.1. The van der Waals surface area contributed by atoms with Crippen LogP contribution in [-0.2, 0) is 6.54 Å². The average Bonchev–Trinajstić information content (AvgIpc) is 3.41. The molecule has 8 nitrogen and oxygen atoms in total. The number of ketones is 1. The first-order valence-corrected chi connectivity index (χ1v) is 12.5. The predicted octanol–water partition coefficient (Wildman–Crippen LogP) is 4.89. The Hall–Kier alpha value is -3.78. The summed E-state index contributed by atoms with van der Waals surface area (Å²) in [5.74, 6) is 1.30. The van der Waals surface area contributed by atoms with Gasteiger partial charge in [-0.1, -0.05) is 6.42 Å². The molecule has 2 N–H and O–H groups in total. The van der Waals surface area contributed by atoms with Gasteiger partial charge in [0.2, 0.25) is 5.78 Å². The molecular weight excluding hydrogens is 456 g/mol. The maximum absolute atomic E-state index is 13.2. The zero-order valence-corrected chi connectivity index (χ0v) is 20.8. The normalized spacial score (nSPS) is 16.7. The molecule has 36 heavy (non-hydrogen) atoms. The number of carbonyl (C=O) groups excluding carboxylic acids is 2. The second-order valence-electron chi connectivity index (χ2n) is 9.27. The van der Waals surface area contributed by atoms with E-state index in [-0.39, 0.29) is 17.6 Å². The van der Waals surface area contributed by atoms with Crippen molar-refractivity contribution in [2.45, 2.75) is 32.2 Å². The number of methoxy groups -OCH3 is 1. The number of rotatable bonds is 7. The lowest BCUT2D eigenvalue weighted by Crippen LogP contribution is -2.31. The number of piperidine rings is 1. The van der Waals surface area contributed by atoms with Gasteiger partial charge >= 0.3 is 6.03 Å². The number of carbonyl (C=O) groups is 2. The van der Waals surface area contributed by atoms with Crippen LogP contribution in [0.2, 0.25) is 0 Å². The van der Waals surface area contributed by atoms with Crippen molar-refractivity contribution in [1.29, 1.82) is 0 Å². The number of nitrogens with zero attached hydrogens (tertiary/aromatic N) is 2. The lowest BCUT2D eigenvalue weighted by atomic mass is 10.1. The van der Waals surface area contributed by atoms with Gasteiger partial charge in [-0.25, -0.2) is 4.79 Å². The topological polar surface area (TPSA) is 84.8 Å². The predicted molar refractivity (Wildman–Crippen MR) is 141 cm³/mol. The number of benzene rings is 2. The second kappa shape index (κ2) is 10.5. The van der Waals surface area contributed by atoms with Crippen molar-refractivity contribution in [3.63, 3.8) is 0 Å². The third-order valence-corrected chi connectivity index (χ3v) is 6.88. The van der Waals surface area contributed by atoms with Gasteiger partial charge in [-0.3, -0.25) is 4.79 Å². The highest BCUT2D eigenvalue weighted by Crippen LogP contribution is 2.35. The highest BCUT2D eigenvalue weighted by Gasteiger charge is 2.28. The van der Waals surface area contributed by atoms with E-state index < -0.39 is 0 Å². The quantitative estimate of drug-likeness (QED) is 0.463. The molecule has 8 heteroatoms. The Bertz CT molecular complexity index is 1320. The number of amides is 2. The van der Waals surface area contributed by atoms with Crippen LogP contribution in [0.4, 0.5) is 10.5 Å². The van der Waals surface area contributed by atoms with Gasteiger partial charge in [-0.2, -0.15) is 0 Å². The van der Waals surface area contributed by atoms with Crippen LogP contribution in [0.3, 0.4) is 0 Å². The molecule has 0 atom stereocenters. The minimum Gasteiger partial charge on any atom is -0.497 e. The molecule has 0 bridgehead atoms. The van der Waals surface area contributed by atoms with Crippen LogP contribution in [0.15, 0.2) is 48.4 Å². The van der Waals surface area contributed by atoms with E-state index in [4.69, 9.17) is 9.47 Å². The Kier molecular flexibility index (Phi) is 6.95. The van der Waals surface area contributed by atoms with E-state index in [1.165, 1.54) is 39.4 Å². The number of hydrogen-bond acceptors (Lipinski definition) is 5. The summed E-state index contributed by atoms with van der Waals surface area (Å²) >= 11 is 0. The Labute approximate surface area is 210 Å². The molecule has 0 saturated carbocycles. The van der Waals surface area contributed by atoms with Gasteiger partial charge in [-0.15, -0.1) is 0 Å². The fraction of sp³-hybridized carbons (Fsp3) is 0.357. The largest absolute Gasteiger partial charge is 0.497 e. The SMILES string of the molecule is CNC(=O)Nc1ccc2c(c1)C(=O)C(=Cc1cn(CCCN3CCCCC3)c3ccc(OC)cc13)O2. The fourth-order valence-electron chi connectivity index (χ4n) is 4.98. The molecule has 2 aliphatic rings. The summed E-state index contributed by atoms with van der Waals surface area (Å²) in [4.78, 5) is 27.4. The van der Waals surface area contributed by atoms with Crippen LogP contribution in [0, 0.1) is 0 Å². The summed E-state index contributed by atoms with van der Waals surface area (Å²) in [7, 11) is 3.19. The summed E-state index contributed by atoms with van der Waals surface area (Å²) in [5, 5.41) is 6.20. The van der Waals surface area contributed by atoms with Crippen molar-refractivity contribution in [3.8, 4) is 11.5 Å². The van der Waals surface area contributed by atoms with Crippen LogP contribution in [0.1, 0.15) is 41.6 Å². The van der Waals surface area contributed by atoms with Crippen molar-refractivity contribution < 1.29 is 19.1 Å². The summed E-state index contributed by atoms with van der Waals surface area (Å²) in [5.41, 5.74) is 2.96. The molecule has 3 heterocycles. The first-order valence-electron chi connectivity index (χ1n) is 12.5. The van der Waals surface area contributed by atoms with Crippen LogP contribution in [0.5, 0.6) is 11.5 Å². The van der Waals surface area contributed by atoms with Gasteiger partial charge in [0.05, 0.1) is 12.7 Å². The molecule has 0 aliphatic carbocycles. The Morgan fingerprint density at radius 3 is 2.72 bits per heavy atom. The summed E-state index contributed by atoms with van der Waals surface area (Å²) in [6, 6.07) is 10.7. The van der Waals surface area contributed by atoms with Crippen molar-refractivity contribution in [2.75, 3.05) is 39.1 Å². The number of allylic oxidation sites excluding steroid dienone is 1. The highest BCUT2D eigenvalue weighted by atomic mass is 16.5. The lowest BCUT2D eigenvalue weighted by Gasteiger charge is -2.26. The molecule has 188 valence electrons. The molecule has 2 aromatic carbocycles. The lowest BCUT2D eigenvalue weighted by molar-refractivity contribution is 0.101. The van der Waals surface area contributed by atoms with E-state index in [0.29, 0.717) is 17.0 Å². The molecular formula is C28H32N4O4. The van der Waals surface area contributed by atoms with E-state index >= 15 is 0 Å². The van der Waals surface area contributed by atoms with Gasteiger partial charge in [0.25, 0.3) is 0 Å². The maximum atomic E-state index is 13.2. The Morgan fingerprint density at radius 2 is 1.94 bits per heavy atom. The summed E-state index contributed by atoms with van der Waals surface area (Å²) < 4.78 is 13.6. The Morgan fingerprint density at radius 1 is 1.11 bits per heavy atom. The molecule has 1 saturated heterocycles. The van der Waals surface area contributed by atoms with E-state index in [1.54, 1.807) is 31.4 Å². The van der Waals surface area contributed by atoms with Gasteiger partial charge < -0.3 is 29.6 Å². The number of hydrogen-bond donors (Lipinski definition) is 2. The van der Waals surface area contributed by atoms with E-state index in [9.17, 15) is 9.59 Å². The molecule has 0 spiro atoms. The van der Waals surface area contributed by atoms with Crippen molar-refractivity contribution >= 4 is 34.5 Å². The molecule has 3 aromatic rings. The maximum Gasteiger partial charge on any atom is 0.318 e.